The van der Waals surface area contributed by atoms with Crippen molar-refractivity contribution in [2.45, 2.75) is 0 Å². The van der Waals surface area contributed by atoms with E-state index in [0.717, 1.165) is 88.9 Å². The lowest BCUT2D eigenvalue weighted by atomic mass is 9.91. The second kappa shape index (κ2) is 13.8. The number of rotatable bonds is 7. The smallest absolute Gasteiger partial charge is 0.0645 e. The van der Waals surface area contributed by atoms with E-state index in [-0.39, 0.29) is 0 Å². The predicted octanol–water partition coefficient (Wildman–Crippen LogP) is 11.8. The fraction of sp³-hybridized carbons (Fsp3) is 0. The summed E-state index contributed by atoms with van der Waals surface area (Å²) in [6.07, 6.45) is 18.7. The van der Waals surface area contributed by atoms with Gasteiger partial charge in [-0.15, -0.1) is 0 Å². The maximum Gasteiger partial charge on any atom is 0.0645 e. The molecule has 4 aromatic carbocycles. The average molecular weight is 705 g/mol. The Morgan fingerprint density at radius 1 is 0.309 bits per heavy atom. The SMILES string of the molecule is c1cncc(-c2cc(-c3cccnc3)cc(-c3ccc4c5c(-c6cc(-c7cccnc7)cc(-c7cccnc7)c6)cccc5n(-c5cccnc5)c4c3)c2)c1. The molecule has 0 aliphatic rings. The maximum absolute atomic E-state index is 4.55. The Morgan fingerprint density at radius 2 is 0.764 bits per heavy atom. The molecule has 0 radical (unpaired) electrons. The van der Waals surface area contributed by atoms with Gasteiger partial charge in [0.25, 0.3) is 0 Å². The summed E-state index contributed by atoms with van der Waals surface area (Å²) < 4.78 is 2.34. The van der Waals surface area contributed by atoms with Gasteiger partial charge in [0.1, 0.15) is 0 Å². The Labute approximate surface area is 318 Å². The topological polar surface area (TPSA) is 69.4 Å². The lowest BCUT2D eigenvalue weighted by molar-refractivity contribution is 1.14. The summed E-state index contributed by atoms with van der Waals surface area (Å²) in [4.78, 5) is 22.3. The van der Waals surface area contributed by atoms with Gasteiger partial charge < -0.3 is 4.57 Å². The lowest BCUT2D eigenvalue weighted by Crippen LogP contribution is -1.94. The van der Waals surface area contributed by atoms with Gasteiger partial charge in [0.2, 0.25) is 0 Å². The molecule has 0 saturated carbocycles. The van der Waals surface area contributed by atoms with E-state index in [9.17, 15) is 0 Å². The normalized spacial score (nSPS) is 11.3. The molecule has 0 bridgehead atoms. The molecule has 6 heteroatoms. The summed E-state index contributed by atoms with van der Waals surface area (Å²) in [6.45, 7) is 0. The minimum atomic E-state index is 0.997. The average Bonchev–Trinajstić information content (AvgIpc) is 3.61. The van der Waals surface area contributed by atoms with E-state index in [1.807, 2.05) is 92.3 Å². The van der Waals surface area contributed by atoms with Crippen molar-refractivity contribution in [1.82, 2.24) is 29.5 Å². The van der Waals surface area contributed by atoms with Gasteiger partial charge in [-0.2, -0.15) is 0 Å². The van der Waals surface area contributed by atoms with Crippen LogP contribution >= 0.6 is 0 Å². The van der Waals surface area contributed by atoms with Crippen molar-refractivity contribution in [1.29, 1.82) is 0 Å². The van der Waals surface area contributed by atoms with Crippen LogP contribution in [0, 0.1) is 0 Å². The van der Waals surface area contributed by atoms with E-state index >= 15 is 0 Å². The molecule has 10 rings (SSSR count). The quantitative estimate of drug-likeness (QED) is 0.165. The van der Waals surface area contributed by atoms with Crippen molar-refractivity contribution in [3.63, 3.8) is 0 Å². The Kier molecular flexibility index (Phi) is 8.04. The van der Waals surface area contributed by atoms with Gasteiger partial charge in [-0.1, -0.05) is 48.5 Å². The second-order valence-corrected chi connectivity index (χ2v) is 13.5. The molecule has 0 unspecified atom stereocenters. The van der Waals surface area contributed by atoms with Crippen LogP contribution < -0.4 is 0 Å². The predicted molar refractivity (Wildman–Crippen MR) is 222 cm³/mol. The van der Waals surface area contributed by atoms with Gasteiger partial charge >= 0.3 is 0 Å². The summed E-state index contributed by atoms with van der Waals surface area (Å²) >= 11 is 0. The number of benzene rings is 4. The zero-order chi connectivity index (χ0) is 36.6. The lowest BCUT2D eigenvalue weighted by Gasteiger charge is -2.12. The summed E-state index contributed by atoms with van der Waals surface area (Å²) in [6, 6.07) is 47.4. The van der Waals surface area contributed by atoms with Gasteiger partial charge in [-0.05, 0) is 129 Å². The molecule has 0 N–H and O–H groups in total. The van der Waals surface area contributed by atoms with Crippen LogP contribution in [0.4, 0.5) is 0 Å². The van der Waals surface area contributed by atoms with Crippen LogP contribution in [-0.4, -0.2) is 29.5 Å². The molecule has 6 aromatic heterocycles. The molecule has 6 nitrogen and oxygen atoms in total. The summed E-state index contributed by atoms with van der Waals surface area (Å²) in [5.41, 5.74) is 16.3. The molecular formula is C49H32N6. The van der Waals surface area contributed by atoms with E-state index in [1.54, 1.807) is 0 Å². The van der Waals surface area contributed by atoms with Gasteiger partial charge in [0.05, 0.1) is 22.9 Å². The minimum Gasteiger partial charge on any atom is -0.308 e. The van der Waals surface area contributed by atoms with E-state index in [4.69, 9.17) is 0 Å². The third-order valence-electron chi connectivity index (χ3n) is 10.2. The van der Waals surface area contributed by atoms with Crippen molar-refractivity contribution in [2.75, 3.05) is 0 Å². The number of aromatic nitrogens is 6. The zero-order valence-corrected chi connectivity index (χ0v) is 29.7. The molecule has 0 spiro atoms. The monoisotopic (exact) mass is 704 g/mol. The molecule has 0 amide bonds. The van der Waals surface area contributed by atoms with Crippen LogP contribution in [0.1, 0.15) is 0 Å². The van der Waals surface area contributed by atoms with E-state index in [0.29, 0.717) is 0 Å². The number of hydrogen-bond acceptors (Lipinski definition) is 5. The first-order valence-corrected chi connectivity index (χ1v) is 18.2. The molecule has 0 aliphatic heterocycles. The number of nitrogens with zero attached hydrogens (tertiary/aromatic N) is 6. The number of fused-ring (bicyclic) bond motifs is 3. The zero-order valence-electron chi connectivity index (χ0n) is 29.7. The van der Waals surface area contributed by atoms with E-state index in [2.05, 4.69) is 133 Å². The van der Waals surface area contributed by atoms with Gasteiger partial charge in [-0.25, -0.2) is 0 Å². The summed E-state index contributed by atoms with van der Waals surface area (Å²) in [7, 11) is 0. The Hall–Kier alpha value is -7.57. The standard InChI is InChI=1S/C49H32N6/c1-12-45(43-25-41(36-9-4-18-52-30-36)24-42(26-43)37-10-5-19-53-31-37)49-46-15-14-33(27-48(46)55(47(49)13-1)44-11-6-20-54-32-44)38-21-39(34-7-2-16-50-28-34)23-40(22-38)35-8-3-17-51-29-35/h1-32H. The van der Waals surface area contributed by atoms with Gasteiger partial charge in [0, 0.05) is 88.8 Å². The van der Waals surface area contributed by atoms with Crippen LogP contribution in [0.3, 0.4) is 0 Å². The molecule has 258 valence electrons. The first-order chi connectivity index (χ1) is 27.3. The first-order valence-electron chi connectivity index (χ1n) is 18.2. The molecule has 0 fully saturated rings. The molecule has 0 aliphatic carbocycles. The number of pyridine rings is 5. The molecule has 6 heterocycles. The van der Waals surface area contributed by atoms with Crippen LogP contribution in [0.5, 0.6) is 0 Å². The molecular weight excluding hydrogens is 673 g/mol. The van der Waals surface area contributed by atoms with Crippen molar-refractivity contribution < 1.29 is 0 Å². The highest BCUT2D eigenvalue weighted by molar-refractivity contribution is 6.16. The van der Waals surface area contributed by atoms with Crippen molar-refractivity contribution >= 4 is 21.8 Å². The van der Waals surface area contributed by atoms with Crippen LogP contribution in [-0.2, 0) is 0 Å². The fourth-order valence-corrected chi connectivity index (χ4v) is 7.63. The van der Waals surface area contributed by atoms with Crippen molar-refractivity contribution in [3.8, 4) is 72.4 Å². The first kappa shape index (κ1) is 32.1. The minimum absolute atomic E-state index is 0.997. The highest BCUT2D eigenvalue weighted by atomic mass is 15.0. The highest BCUT2D eigenvalue weighted by Gasteiger charge is 2.19. The van der Waals surface area contributed by atoms with Crippen LogP contribution in [0.25, 0.3) is 94.3 Å². The Bertz CT molecular complexity index is 2830. The Balaban J connectivity index is 1.22. The van der Waals surface area contributed by atoms with E-state index < -0.39 is 0 Å². The summed E-state index contributed by atoms with van der Waals surface area (Å²) in [5.74, 6) is 0. The molecule has 55 heavy (non-hydrogen) atoms. The van der Waals surface area contributed by atoms with Crippen LogP contribution in [0.2, 0.25) is 0 Å². The van der Waals surface area contributed by atoms with Gasteiger partial charge in [0.15, 0.2) is 0 Å². The Morgan fingerprint density at radius 3 is 1.22 bits per heavy atom. The molecule has 0 atom stereocenters. The van der Waals surface area contributed by atoms with Crippen molar-refractivity contribution in [3.05, 3.63) is 195 Å². The number of hydrogen-bond donors (Lipinski definition) is 0. The highest BCUT2D eigenvalue weighted by Crippen LogP contribution is 2.42. The second-order valence-electron chi connectivity index (χ2n) is 13.5. The van der Waals surface area contributed by atoms with E-state index in [1.165, 1.54) is 5.39 Å². The van der Waals surface area contributed by atoms with Crippen LogP contribution in [0.15, 0.2) is 195 Å². The maximum atomic E-state index is 4.55. The third kappa shape index (κ3) is 6.02. The van der Waals surface area contributed by atoms with Crippen molar-refractivity contribution in [2.24, 2.45) is 0 Å². The largest absolute Gasteiger partial charge is 0.308 e. The van der Waals surface area contributed by atoms with Gasteiger partial charge in [-0.3, -0.25) is 24.9 Å². The molecule has 10 aromatic rings. The summed E-state index contributed by atoms with van der Waals surface area (Å²) in [5, 5.41) is 2.33. The molecule has 0 saturated heterocycles. The third-order valence-corrected chi connectivity index (χ3v) is 10.2. The fourth-order valence-electron chi connectivity index (χ4n) is 7.63.